The molecule has 0 aliphatic carbocycles. The normalized spacial score (nSPS) is 10.6. The molecule has 2 aromatic carbocycles. The molecule has 3 rings (SSSR count). The summed E-state index contributed by atoms with van der Waals surface area (Å²) in [6.45, 7) is -0.584. The lowest BCUT2D eigenvalue weighted by molar-refractivity contribution is -0.135. The Kier molecular flexibility index (Phi) is 4.54. The van der Waals surface area contributed by atoms with Crippen molar-refractivity contribution in [3.8, 4) is 16.9 Å². The number of rotatable bonds is 4. The van der Waals surface area contributed by atoms with E-state index in [0.29, 0.717) is 10.8 Å². The summed E-state index contributed by atoms with van der Waals surface area (Å²) in [4.78, 5) is 26.6. The Bertz CT molecular complexity index is 974. The van der Waals surface area contributed by atoms with Crippen LogP contribution in [0.3, 0.4) is 0 Å². The van der Waals surface area contributed by atoms with E-state index in [1.165, 1.54) is 0 Å². The largest absolute Gasteiger partial charge is 0.505 e. The number of halogens is 1. The number of amides is 1. The molecule has 7 heteroatoms. The van der Waals surface area contributed by atoms with E-state index >= 15 is 0 Å². The number of hydrogen-bond donors (Lipinski definition) is 3. The van der Waals surface area contributed by atoms with Gasteiger partial charge in [-0.25, -0.2) is 4.98 Å². The fourth-order valence-electron chi connectivity index (χ4n) is 2.56. The SMILES string of the molecule is O=C(O)CNC(=O)c1nc(Cl)c2c(-c3ccccc3)cccc2c1O. The Morgan fingerprint density at radius 1 is 1.08 bits per heavy atom. The highest BCUT2D eigenvalue weighted by atomic mass is 35.5. The smallest absolute Gasteiger partial charge is 0.322 e. The number of aromatic nitrogens is 1. The molecule has 1 aromatic heterocycles. The average Bonchev–Trinajstić information content (AvgIpc) is 2.62. The van der Waals surface area contributed by atoms with Crippen molar-refractivity contribution in [3.05, 3.63) is 59.4 Å². The third-order valence-electron chi connectivity index (χ3n) is 3.66. The van der Waals surface area contributed by atoms with Gasteiger partial charge in [0.05, 0.1) is 0 Å². The van der Waals surface area contributed by atoms with Crippen molar-refractivity contribution in [2.24, 2.45) is 0 Å². The van der Waals surface area contributed by atoms with E-state index in [0.717, 1.165) is 11.1 Å². The first-order valence-corrected chi connectivity index (χ1v) is 7.73. The zero-order valence-corrected chi connectivity index (χ0v) is 13.6. The number of carbonyl (C=O) groups is 2. The van der Waals surface area contributed by atoms with Gasteiger partial charge in [0.25, 0.3) is 5.91 Å². The molecule has 0 saturated carbocycles. The van der Waals surface area contributed by atoms with Crippen LogP contribution in [0.15, 0.2) is 48.5 Å². The van der Waals surface area contributed by atoms with Gasteiger partial charge in [-0.2, -0.15) is 0 Å². The van der Waals surface area contributed by atoms with Crippen molar-refractivity contribution < 1.29 is 19.8 Å². The highest BCUT2D eigenvalue weighted by Crippen LogP contribution is 2.38. The third kappa shape index (κ3) is 3.25. The lowest BCUT2D eigenvalue weighted by Crippen LogP contribution is -2.30. The second-order valence-corrected chi connectivity index (χ2v) is 5.63. The molecule has 6 nitrogen and oxygen atoms in total. The molecule has 25 heavy (non-hydrogen) atoms. The Morgan fingerprint density at radius 3 is 2.48 bits per heavy atom. The van der Waals surface area contributed by atoms with Gasteiger partial charge in [0.1, 0.15) is 11.7 Å². The summed E-state index contributed by atoms with van der Waals surface area (Å²) in [5.41, 5.74) is 1.34. The zero-order valence-electron chi connectivity index (χ0n) is 12.9. The standard InChI is InChI=1S/C18H13ClN2O4/c19-17-14-11(10-5-2-1-3-6-10)7-4-8-12(14)16(24)15(21-17)18(25)20-9-13(22)23/h1-8,24H,9H2,(H,20,25)(H,22,23). The Hall–Kier alpha value is -3.12. The van der Waals surface area contributed by atoms with Crippen molar-refractivity contribution in [3.63, 3.8) is 0 Å². The van der Waals surface area contributed by atoms with E-state index in [-0.39, 0.29) is 16.6 Å². The number of aromatic hydroxyl groups is 1. The van der Waals surface area contributed by atoms with Crippen LogP contribution in [0.2, 0.25) is 5.15 Å². The van der Waals surface area contributed by atoms with Crippen LogP contribution in [-0.2, 0) is 4.79 Å². The fourth-order valence-corrected chi connectivity index (χ4v) is 2.85. The quantitative estimate of drug-likeness (QED) is 0.624. The number of pyridine rings is 1. The highest BCUT2D eigenvalue weighted by molar-refractivity contribution is 6.36. The number of fused-ring (bicyclic) bond motifs is 1. The maximum absolute atomic E-state index is 12.1. The average molecular weight is 357 g/mol. The van der Waals surface area contributed by atoms with Gasteiger partial charge in [-0.05, 0) is 11.1 Å². The molecular weight excluding hydrogens is 344 g/mol. The monoisotopic (exact) mass is 356 g/mol. The van der Waals surface area contributed by atoms with Crippen LogP contribution in [0, 0.1) is 0 Å². The Labute approximate surface area is 147 Å². The van der Waals surface area contributed by atoms with Gasteiger partial charge >= 0.3 is 5.97 Å². The minimum absolute atomic E-state index is 0.0488. The number of hydrogen-bond acceptors (Lipinski definition) is 4. The number of carboxylic acids is 1. The maximum atomic E-state index is 12.1. The van der Waals surface area contributed by atoms with E-state index < -0.39 is 18.4 Å². The van der Waals surface area contributed by atoms with Crippen LogP contribution in [0.4, 0.5) is 0 Å². The minimum Gasteiger partial charge on any atom is -0.505 e. The van der Waals surface area contributed by atoms with Crippen molar-refractivity contribution in [1.82, 2.24) is 10.3 Å². The number of nitrogens with zero attached hydrogens (tertiary/aromatic N) is 1. The number of aliphatic carboxylic acids is 1. The summed E-state index contributed by atoms with van der Waals surface area (Å²) in [5.74, 6) is -2.36. The molecule has 1 amide bonds. The van der Waals surface area contributed by atoms with Gasteiger partial charge in [0.15, 0.2) is 11.4 Å². The highest BCUT2D eigenvalue weighted by Gasteiger charge is 2.20. The van der Waals surface area contributed by atoms with E-state index in [1.54, 1.807) is 12.1 Å². The number of carboxylic acid groups (broad SMARTS) is 1. The molecular formula is C18H13ClN2O4. The van der Waals surface area contributed by atoms with Crippen LogP contribution in [0.1, 0.15) is 10.5 Å². The summed E-state index contributed by atoms with van der Waals surface area (Å²) in [5, 5.41) is 22.2. The van der Waals surface area contributed by atoms with Crippen LogP contribution in [-0.4, -0.2) is 33.6 Å². The number of nitrogens with one attached hydrogen (secondary N) is 1. The molecule has 0 atom stereocenters. The number of benzene rings is 2. The van der Waals surface area contributed by atoms with Crippen LogP contribution in [0.5, 0.6) is 5.75 Å². The zero-order chi connectivity index (χ0) is 18.0. The predicted octanol–water partition coefficient (Wildman–Crippen LogP) is 3.08. The molecule has 3 N–H and O–H groups in total. The van der Waals surface area contributed by atoms with Crippen molar-refractivity contribution in [1.29, 1.82) is 0 Å². The van der Waals surface area contributed by atoms with E-state index in [9.17, 15) is 14.7 Å². The van der Waals surface area contributed by atoms with Crippen LogP contribution >= 0.6 is 11.6 Å². The lowest BCUT2D eigenvalue weighted by atomic mass is 9.98. The van der Waals surface area contributed by atoms with Gasteiger partial charge < -0.3 is 15.5 Å². The van der Waals surface area contributed by atoms with Crippen molar-refractivity contribution in [2.45, 2.75) is 0 Å². The molecule has 0 saturated heterocycles. The van der Waals surface area contributed by atoms with E-state index in [4.69, 9.17) is 16.7 Å². The molecule has 3 aromatic rings. The molecule has 1 heterocycles. The van der Waals surface area contributed by atoms with Gasteiger partial charge in [-0.3, -0.25) is 9.59 Å². The minimum atomic E-state index is -1.20. The van der Waals surface area contributed by atoms with Gasteiger partial charge in [0.2, 0.25) is 0 Å². The van der Waals surface area contributed by atoms with Gasteiger partial charge in [0, 0.05) is 10.8 Å². The molecule has 0 spiro atoms. The first kappa shape index (κ1) is 16.7. The molecule has 0 radical (unpaired) electrons. The molecule has 0 aliphatic rings. The predicted molar refractivity (Wildman–Crippen MR) is 93.8 cm³/mol. The third-order valence-corrected chi connectivity index (χ3v) is 3.93. The second kappa shape index (κ2) is 6.78. The topological polar surface area (TPSA) is 99.5 Å². The Morgan fingerprint density at radius 2 is 1.80 bits per heavy atom. The Balaban J connectivity index is 2.16. The molecule has 0 fully saturated rings. The summed E-state index contributed by atoms with van der Waals surface area (Å²) in [7, 11) is 0. The lowest BCUT2D eigenvalue weighted by Gasteiger charge is -2.12. The van der Waals surface area contributed by atoms with Gasteiger partial charge in [-0.15, -0.1) is 0 Å². The molecule has 0 aliphatic heterocycles. The maximum Gasteiger partial charge on any atom is 0.322 e. The first-order valence-electron chi connectivity index (χ1n) is 7.35. The summed E-state index contributed by atoms with van der Waals surface area (Å²) >= 11 is 6.28. The fraction of sp³-hybridized carbons (Fsp3) is 0.0556. The second-order valence-electron chi connectivity index (χ2n) is 5.27. The number of carbonyl (C=O) groups excluding carboxylic acids is 1. The molecule has 0 bridgehead atoms. The van der Waals surface area contributed by atoms with E-state index in [2.05, 4.69) is 10.3 Å². The van der Waals surface area contributed by atoms with Crippen molar-refractivity contribution >= 4 is 34.2 Å². The van der Waals surface area contributed by atoms with Crippen molar-refractivity contribution in [2.75, 3.05) is 6.54 Å². The van der Waals surface area contributed by atoms with Crippen LogP contribution in [0.25, 0.3) is 21.9 Å². The van der Waals surface area contributed by atoms with E-state index in [1.807, 2.05) is 36.4 Å². The summed E-state index contributed by atoms with van der Waals surface area (Å²) < 4.78 is 0. The molecule has 126 valence electrons. The van der Waals surface area contributed by atoms with Crippen LogP contribution < -0.4 is 5.32 Å². The summed E-state index contributed by atoms with van der Waals surface area (Å²) in [6.07, 6.45) is 0. The van der Waals surface area contributed by atoms with Gasteiger partial charge in [-0.1, -0.05) is 60.1 Å². The first-order chi connectivity index (χ1) is 12.0. The molecule has 0 unspecified atom stereocenters. The summed E-state index contributed by atoms with van der Waals surface area (Å²) in [6, 6.07) is 14.6.